The molecule has 0 heterocycles. The van der Waals surface area contributed by atoms with Gasteiger partial charge in [-0.1, -0.05) is 37.3 Å². The van der Waals surface area contributed by atoms with Crippen molar-refractivity contribution in [2.75, 3.05) is 18.1 Å². The molecule has 0 saturated heterocycles. The van der Waals surface area contributed by atoms with Crippen LogP contribution in [0.2, 0.25) is 0 Å². The zero-order valence-corrected chi connectivity index (χ0v) is 10.7. The summed E-state index contributed by atoms with van der Waals surface area (Å²) in [6.45, 7) is 1.34. The predicted molar refractivity (Wildman–Crippen MR) is 67.2 cm³/mol. The van der Waals surface area contributed by atoms with E-state index in [0.717, 1.165) is 0 Å². The molecule has 0 aliphatic rings. The Bertz CT molecular complexity index is 447. The number of halogens is 1. The minimum Gasteiger partial charge on any atom is -0.327 e. The summed E-state index contributed by atoms with van der Waals surface area (Å²) < 4.78 is 37.3. The molecule has 0 radical (unpaired) electrons. The molecule has 1 aromatic rings. The van der Waals surface area contributed by atoms with E-state index in [2.05, 4.69) is 0 Å². The number of benzene rings is 1. The van der Waals surface area contributed by atoms with Crippen LogP contribution in [-0.4, -0.2) is 26.5 Å². The Morgan fingerprint density at radius 3 is 2.35 bits per heavy atom. The summed E-state index contributed by atoms with van der Waals surface area (Å²) in [4.78, 5) is 0. The summed E-state index contributed by atoms with van der Waals surface area (Å²) in [5, 5.41) is 0. The summed E-state index contributed by atoms with van der Waals surface area (Å²) in [5.74, 6) is -0.144. The first-order valence-electron chi connectivity index (χ1n) is 5.58. The largest absolute Gasteiger partial charge is 0.327 e. The minimum absolute atomic E-state index is 0.0302. The molecule has 0 aromatic heterocycles. The molecule has 3 nitrogen and oxygen atoms in total. The second-order valence-electron chi connectivity index (χ2n) is 4.02. The van der Waals surface area contributed by atoms with E-state index in [1.807, 2.05) is 0 Å². The fraction of sp³-hybridized carbons (Fsp3) is 0.500. The van der Waals surface area contributed by atoms with Gasteiger partial charge in [0.15, 0.2) is 0 Å². The first-order chi connectivity index (χ1) is 7.93. The fourth-order valence-corrected chi connectivity index (χ4v) is 2.49. The third-order valence-electron chi connectivity index (χ3n) is 2.86. The van der Waals surface area contributed by atoms with E-state index in [0.29, 0.717) is 5.56 Å². The molecule has 0 aliphatic carbocycles. The van der Waals surface area contributed by atoms with E-state index >= 15 is 0 Å². The molecule has 0 aliphatic heterocycles. The van der Waals surface area contributed by atoms with E-state index in [9.17, 15) is 12.8 Å². The van der Waals surface area contributed by atoms with Crippen molar-refractivity contribution in [2.45, 2.75) is 19.0 Å². The number of sulfone groups is 1. The Kier molecular flexibility index (Phi) is 4.65. The van der Waals surface area contributed by atoms with Gasteiger partial charge < -0.3 is 5.73 Å². The van der Waals surface area contributed by atoms with E-state index < -0.39 is 15.5 Å². The zero-order chi connectivity index (χ0) is 12.9. The van der Waals surface area contributed by atoms with Crippen LogP contribution in [0.25, 0.3) is 0 Å². The maximum atomic E-state index is 14.5. The standard InChI is InChI=1S/C12H18FNO2S/c1-2-17(15,16)9-8-12(13,10-14)11-6-4-3-5-7-11/h3-7H,2,8-10,14H2,1H3. The molecule has 0 bridgehead atoms. The third kappa shape index (κ3) is 3.78. The van der Waals surface area contributed by atoms with Crippen molar-refractivity contribution < 1.29 is 12.8 Å². The van der Waals surface area contributed by atoms with Gasteiger partial charge in [0.25, 0.3) is 0 Å². The minimum atomic E-state index is -3.17. The molecule has 0 saturated carbocycles. The third-order valence-corrected chi connectivity index (χ3v) is 4.57. The van der Waals surface area contributed by atoms with Gasteiger partial charge in [0.05, 0.1) is 5.75 Å². The first-order valence-corrected chi connectivity index (χ1v) is 7.40. The number of alkyl halides is 1. The maximum absolute atomic E-state index is 14.5. The van der Waals surface area contributed by atoms with Gasteiger partial charge >= 0.3 is 0 Å². The number of hydrogen-bond acceptors (Lipinski definition) is 3. The molecule has 17 heavy (non-hydrogen) atoms. The number of hydrogen-bond donors (Lipinski definition) is 1. The summed E-state index contributed by atoms with van der Waals surface area (Å²) in [6, 6.07) is 8.47. The maximum Gasteiger partial charge on any atom is 0.150 e. The summed E-state index contributed by atoms with van der Waals surface area (Å²) in [6.07, 6.45) is -0.0936. The van der Waals surface area contributed by atoms with Gasteiger partial charge in [-0.3, -0.25) is 0 Å². The lowest BCUT2D eigenvalue weighted by Crippen LogP contribution is -2.32. The average molecular weight is 259 g/mol. The lowest BCUT2D eigenvalue weighted by molar-refractivity contribution is 0.170. The molecule has 1 atom stereocenters. The second kappa shape index (κ2) is 5.60. The van der Waals surface area contributed by atoms with Crippen LogP contribution in [0.1, 0.15) is 18.9 Å². The number of rotatable bonds is 6. The molecule has 2 N–H and O–H groups in total. The zero-order valence-electron chi connectivity index (χ0n) is 9.90. The van der Waals surface area contributed by atoms with Gasteiger partial charge in [0, 0.05) is 18.7 Å². The predicted octanol–water partition coefficient (Wildman–Crippen LogP) is 1.63. The molecule has 1 rings (SSSR count). The monoisotopic (exact) mass is 259 g/mol. The Morgan fingerprint density at radius 2 is 1.88 bits per heavy atom. The van der Waals surface area contributed by atoms with Gasteiger partial charge in [-0.15, -0.1) is 0 Å². The topological polar surface area (TPSA) is 60.2 Å². The molecule has 1 aromatic carbocycles. The highest BCUT2D eigenvalue weighted by Crippen LogP contribution is 2.29. The van der Waals surface area contributed by atoms with Crippen molar-refractivity contribution in [2.24, 2.45) is 5.73 Å². The Morgan fingerprint density at radius 1 is 1.29 bits per heavy atom. The quantitative estimate of drug-likeness (QED) is 0.844. The van der Waals surface area contributed by atoms with Crippen molar-refractivity contribution in [3.63, 3.8) is 0 Å². The van der Waals surface area contributed by atoms with Crippen molar-refractivity contribution in [1.29, 1.82) is 0 Å². The molecule has 96 valence electrons. The van der Waals surface area contributed by atoms with Crippen LogP contribution in [-0.2, 0) is 15.5 Å². The molecule has 1 unspecified atom stereocenters. The van der Waals surface area contributed by atoms with E-state index in [4.69, 9.17) is 5.73 Å². The average Bonchev–Trinajstić information content (AvgIpc) is 2.37. The van der Waals surface area contributed by atoms with Crippen LogP contribution >= 0.6 is 0 Å². The molecule has 0 amide bonds. The van der Waals surface area contributed by atoms with Crippen molar-refractivity contribution >= 4 is 9.84 Å². The fourth-order valence-electron chi connectivity index (χ4n) is 1.56. The lowest BCUT2D eigenvalue weighted by atomic mass is 9.93. The van der Waals surface area contributed by atoms with E-state index in [1.54, 1.807) is 37.3 Å². The highest BCUT2D eigenvalue weighted by molar-refractivity contribution is 7.91. The Labute approximate surface area is 102 Å². The van der Waals surface area contributed by atoms with Crippen LogP contribution in [0, 0.1) is 0 Å². The van der Waals surface area contributed by atoms with E-state index in [-0.39, 0.29) is 24.5 Å². The normalized spacial score (nSPS) is 15.5. The van der Waals surface area contributed by atoms with Crippen molar-refractivity contribution in [3.8, 4) is 0 Å². The first kappa shape index (κ1) is 14.1. The van der Waals surface area contributed by atoms with Crippen molar-refractivity contribution in [1.82, 2.24) is 0 Å². The van der Waals surface area contributed by atoms with Gasteiger partial charge in [0.1, 0.15) is 15.5 Å². The Balaban J connectivity index is 2.84. The van der Waals surface area contributed by atoms with Crippen LogP contribution in [0.3, 0.4) is 0 Å². The summed E-state index contributed by atoms with van der Waals surface area (Å²) in [5.41, 5.74) is 4.12. The SMILES string of the molecule is CCS(=O)(=O)CCC(F)(CN)c1ccccc1. The van der Waals surface area contributed by atoms with E-state index in [1.165, 1.54) is 0 Å². The molecule has 0 fully saturated rings. The van der Waals surface area contributed by atoms with Crippen LogP contribution < -0.4 is 5.73 Å². The van der Waals surface area contributed by atoms with Gasteiger partial charge in [0.2, 0.25) is 0 Å². The smallest absolute Gasteiger partial charge is 0.150 e. The van der Waals surface area contributed by atoms with Gasteiger partial charge in [-0.25, -0.2) is 12.8 Å². The highest BCUT2D eigenvalue weighted by Gasteiger charge is 2.31. The Hall–Kier alpha value is -0.940. The molecule has 5 heteroatoms. The van der Waals surface area contributed by atoms with Crippen LogP contribution in [0.5, 0.6) is 0 Å². The lowest BCUT2D eigenvalue weighted by Gasteiger charge is -2.23. The molecular formula is C12H18FNO2S. The summed E-state index contributed by atoms with van der Waals surface area (Å²) in [7, 11) is -3.17. The number of nitrogens with two attached hydrogens (primary N) is 1. The van der Waals surface area contributed by atoms with Crippen LogP contribution in [0.4, 0.5) is 4.39 Å². The van der Waals surface area contributed by atoms with Crippen molar-refractivity contribution in [3.05, 3.63) is 35.9 Å². The second-order valence-corrected chi connectivity index (χ2v) is 6.49. The van der Waals surface area contributed by atoms with Gasteiger partial charge in [-0.2, -0.15) is 0 Å². The molecule has 0 spiro atoms. The molecular weight excluding hydrogens is 241 g/mol. The van der Waals surface area contributed by atoms with Gasteiger partial charge in [-0.05, 0) is 5.56 Å². The highest BCUT2D eigenvalue weighted by atomic mass is 32.2. The summed E-state index contributed by atoms with van der Waals surface area (Å²) >= 11 is 0. The van der Waals surface area contributed by atoms with Crippen LogP contribution in [0.15, 0.2) is 30.3 Å².